The highest BCUT2D eigenvalue weighted by atomic mass is 35.5. The van der Waals surface area contributed by atoms with Crippen molar-refractivity contribution in [1.82, 2.24) is 9.80 Å². The summed E-state index contributed by atoms with van der Waals surface area (Å²) in [5.41, 5.74) is 4.77. The van der Waals surface area contributed by atoms with Gasteiger partial charge in [0.05, 0.1) is 12.6 Å². The second kappa shape index (κ2) is 9.43. The molecule has 2 N–H and O–H groups in total. The van der Waals surface area contributed by atoms with Gasteiger partial charge >= 0.3 is 12.3 Å². The van der Waals surface area contributed by atoms with Crippen molar-refractivity contribution in [1.29, 1.82) is 0 Å². The minimum absolute atomic E-state index is 0. The van der Waals surface area contributed by atoms with E-state index in [2.05, 4.69) is 0 Å². The predicted molar refractivity (Wildman–Crippen MR) is 99.2 cm³/mol. The van der Waals surface area contributed by atoms with Gasteiger partial charge in [0.25, 0.3) is 0 Å². The van der Waals surface area contributed by atoms with Gasteiger partial charge in [-0.05, 0) is 6.92 Å². The zero-order valence-corrected chi connectivity index (χ0v) is 17.4. The van der Waals surface area contributed by atoms with Gasteiger partial charge in [-0.1, -0.05) is 13.8 Å². The largest absolute Gasteiger partial charge is 0.378 e. The lowest BCUT2D eigenvalue weighted by molar-refractivity contribution is -0.181. The minimum atomic E-state index is -4.04. The maximum atomic E-state index is 13.2. The van der Waals surface area contributed by atoms with Gasteiger partial charge in [-0.3, -0.25) is 9.69 Å². The molecular weight excluding hydrogens is 413 g/mol. The lowest BCUT2D eigenvalue weighted by Crippen LogP contribution is -2.76. The normalized spacial score (nSPS) is 28.2. The van der Waals surface area contributed by atoms with Crippen LogP contribution in [0.1, 0.15) is 27.2 Å². The molecule has 2 unspecified atom stereocenters. The van der Waals surface area contributed by atoms with Gasteiger partial charge < -0.3 is 15.4 Å². The summed E-state index contributed by atoms with van der Waals surface area (Å²) in [7, 11) is 0. The zero-order chi connectivity index (χ0) is 19.0. The van der Waals surface area contributed by atoms with E-state index in [1.54, 1.807) is 4.90 Å². The van der Waals surface area contributed by atoms with E-state index in [1.165, 1.54) is 4.90 Å². The van der Waals surface area contributed by atoms with Gasteiger partial charge in [0.1, 0.15) is 5.54 Å². The molecule has 1 heterocycles. The molecule has 2 atom stereocenters. The average molecular weight is 442 g/mol. The fourth-order valence-electron chi connectivity index (χ4n) is 3.56. The fraction of sp³-hybridized carbons (Fsp3) is 0.938. The van der Waals surface area contributed by atoms with Crippen LogP contribution >= 0.6 is 24.8 Å². The number of piperazine rings is 1. The molecule has 0 bridgehead atoms. The van der Waals surface area contributed by atoms with Crippen molar-refractivity contribution < 1.29 is 27.1 Å². The van der Waals surface area contributed by atoms with Crippen LogP contribution in [-0.2, 0) is 9.53 Å². The number of nitrogens with two attached hydrogens (primary N) is 1. The molecule has 0 aromatic carbocycles. The number of hydrogen-bond donors (Lipinski definition) is 1. The number of hydrogen-bond acceptors (Lipinski definition) is 4. The molecule has 27 heavy (non-hydrogen) atoms. The molecule has 2 aliphatic rings. The molecule has 0 aromatic rings. The molecule has 1 amide bonds. The lowest BCUT2D eigenvalue weighted by atomic mass is 9.54. The van der Waals surface area contributed by atoms with Crippen molar-refractivity contribution in [2.75, 3.05) is 39.3 Å². The number of halogens is 6. The van der Waals surface area contributed by atoms with Crippen molar-refractivity contribution in [3.05, 3.63) is 0 Å². The maximum Gasteiger partial charge on any atom is 0.319 e. The summed E-state index contributed by atoms with van der Waals surface area (Å²) in [5, 5.41) is 0. The van der Waals surface area contributed by atoms with Crippen LogP contribution in [0.2, 0.25) is 0 Å². The Morgan fingerprint density at radius 2 is 1.74 bits per heavy atom. The van der Waals surface area contributed by atoms with E-state index in [4.69, 9.17) is 10.5 Å². The van der Waals surface area contributed by atoms with Crippen molar-refractivity contribution in [2.45, 2.75) is 51.2 Å². The SMILES string of the molecule is CCOC1CC(N)(C(=O)N2CCN(CC(F)(F)C(F)F)CC2)C1(C)C.Cl.Cl. The first-order valence-corrected chi connectivity index (χ1v) is 8.54. The first-order valence-electron chi connectivity index (χ1n) is 8.54. The summed E-state index contributed by atoms with van der Waals surface area (Å²) in [4.78, 5) is 15.6. The average Bonchev–Trinajstić information content (AvgIpc) is 2.54. The van der Waals surface area contributed by atoms with Crippen LogP contribution in [0.4, 0.5) is 17.6 Å². The molecule has 1 saturated carbocycles. The number of ether oxygens (including phenoxy) is 1. The number of rotatable bonds is 6. The number of alkyl halides is 4. The third-order valence-corrected chi connectivity index (χ3v) is 5.62. The van der Waals surface area contributed by atoms with E-state index in [1.807, 2.05) is 20.8 Å². The summed E-state index contributed by atoms with van der Waals surface area (Å²) in [6, 6.07) is 0. The Kier molecular flexibility index (Phi) is 9.31. The van der Waals surface area contributed by atoms with Crippen molar-refractivity contribution in [3.8, 4) is 0 Å². The molecule has 0 radical (unpaired) electrons. The molecular formula is C16H29Cl2F4N3O2. The molecule has 2 rings (SSSR count). The number of amides is 1. The second-order valence-electron chi connectivity index (χ2n) is 7.47. The minimum Gasteiger partial charge on any atom is -0.378 e. The van der Waals surface area contributed by atoms with Crippen LogP contribution in [0.15, 0.2) is 0 Å². The highest BCUT2D eigenvalue weighted by Gasteiger charge is 2.63. The van der Waals surface area contributed by atoms with Crippen LogP contribution in [0.25, 0.3) is 0 Å². The van der Waals surface area contributed by atoms with E-state index >= 15 is 0 Å². The van der Waals surface area contributed by atoms with Crippen LogP contribution in [0, 0.1) is 5.41 Å². The van der Waals surface area contributed by atoms with Crippen LogP contribution < -0.4 is 5.73 Å². The molecule has 1 aliphatic heterocycles. The molecule has 2 fully saturated rings. The summed E-state index contributed by atoms with van der Waals surface area (Å²) >= 11 is 0. The zero-order valence-electron chi connectivity index (χ0n) is 15.7. The van der Waals surface area contributed by atoms with Crippen molar-refractivity contribution >= 4 is 30.7 Å². The molecule has 1 aliphatic carbocycles. The van der Waals surface area contributed by atoms with E-state index in [9.17, 15) is 22.4 Å². The molecule has 1 saturated heterocycles. The molecule has 0 aromatic heterocycles. The highest BCUT2D eigenvalue weighted by molar-refractivity contribution is 5.89. The van der Waals surface area contributed by atoms with E-state index in [0.717, 1.165) is 0 Å². The van der Waals surface area contributed by atoms with Gasteiger partial charge in [0.2, 0.25) is 5.91 Å². The third kappa shape index (κ3) is 4.98. The molecule has 0 spiro atoms. The Hall–Kier alpha value is -0.350. The smallest absolute Gasteiger partial charge is 0.319 e. The van der Waals surface area contributed by atoms with Gasteiger partial charge in [-0.25, -0.2) is 8.78 Å². The summed E-state index contributed by atoms with van der Waals surface area (Å²) in [6.07, 6.45) is -3.38. The highest BCUT2D eigenvalue weighted by Crippen LogP contribution is 2.50. The topological polar surface area (TPSA) is 58.8 Å². The molecule has 11 heteroatoms. The first-order chi connectivity index (χ1) is 11.5. The quantitative estimate of drug-likeness (QED) is 0.642. The Balaban J connectivity index is 0.00000338. The van der Waals surface area contributed by atoms with Crippen LogP contribution in [0.5, 0.6) is 0 Å². The monoisotopic (exact) mass is 441 g/mol. The summed E-state index contributed by atoms with van der Waals surface area (Å²) in [5.74, 6) is -4.27. The van der Waals surface area contributed by atoms with Crippen LogP contribution in [0.3, 0.4) is 0 Å². The van der Waals surface area contributed by atoms with Crippen molar-refractivity contribution in [3.63, 3.8) is 0 Å². The molecule has 162 valence electrons. The number of carbonyl (C=O) groups is 1. The Bertz CT molecular complexity index is 506. The van der Waals surface area contributed by atoms with Gasteiger partial charge in [0, 0.05) is 44.6 Å². The lowest BCUT2D eigenvalue weighted by Gasteiger charge is -2.59. The summed E-state index contributed by atoms with van der Waals surface area (Å²) < 4.78 is 56.5. The third-order valence-electron chi connectivity index (χ3n) is 5.62. The van der Waals surface area contributed by atoms with Gasteiger partial charge in [-0.2, -0.15) is 8.78 Å². The van der Waals surface area contributed by atoms with E-state index in [-0.39, 0.29) is 63.0 Å². The summed E-state index contributed by atoms with van der Waals surface area (Å²) in [6.45, 7) is 5.83. The Labute approximate surface area is 169 Å². The fourth-order valence-corrected chi connectivity index (χ4v) is 3.56. The Morgan fingerprint density at radius 1 is 1.22 bits per heavy atom. The van der Waals surface area contributed by atoms with Crippen LogP contribution in [-0.4, -0.2) is 79.0 Å². The second-order valence-corrected chi connectivity index (χ2v) is 7.47. The van der Waals surface area contributed by atoms with Gasteiger partial charge in [-0.15, -0.1) is 24.8 Å². The Morgan fingerprint density at radius 3 is 2.15 bits per heavy atom. The number of carbonyl (C=O) groups excluding carboxylic acids is 1. The molecule has 5 nitrogen and oxygen atoms in total. The van der Waals surface area contributed by atoms with E-state index in [0.29, 0.717) is 13.0 Å². The van der Waals surface area contributed by atoms with Gasteiger partial charge in [0.15, 0.2) is 0 Å². The van der Waals surface area contributed by atoms with E-state index < -0.39 is 29.8 Å². The number of nitrogens with zero attached hydrogens (tertiary/aromatic N) is 2. The predicted octanol–water partition coefficient (Wildman–Crippen LogP) is 2.41. The first kappa shape index (κ1) is 26.6. The van der Waals surface area contributed by atoms with Crippen molar-refractivity contribution in [2.24, 2.45) is 11.1 Å². The maximum absolute atomic E-state index is 13.2. The standard InChI is InChI=1S/C16H27F4N3O2.2ClH/c1-4-25-11-9-15(21,14(11,2)3)13(24)23-7-5-22(6-8-23)10-16(19,20)12(17)18;;/h11-12H,4-10,21H2,1-3H3;2*1H.